The highest BCUT2D eigenvalue weighted by atomic mass is 32.1. The van der Waals surface area contributed by atoms with E-state index in [9.17, 15) is 14.4 Å². The highest BCUT2D eigenvalue weighted by Gasteiger charge is 2.42. The van der Waals surface area contributed by atoms with Gasteiger partial charge in [-0.3, -0.25) is 19.9 Å². The molecule has 5 rings (SSSR count). The molecule has 2 aliphatic rings. The van der Waals surface area contributed by atoms with Crippen LogP contribution in [-0.2, 0) is 10.2 Å². The summed E-state index contributed by atoms with van der Waals surface area (Å²) in [5, 5.41) is 9.18. The van der Waals surface area contributed by atoms with E-state index in [0.29, 0.717) is 35.4 Å². The maximum Gasteiger partial charge on any atom is 0.324 e. The largest absolute Gasteiger partial charge is 0.352 e. The fourth-order valence-electron chi connectivity index (χ4n) is 5.98. The van der Waals surface area contributed by atoms with Crippen molar-refractivity contribution < 1.29 is 14.4 Å². The average molecular weight is 643 g/mol. The van der Waals surface area contributed by atoms with E-state index in [1.807, 2.05) is 43.5 Å². The van der Waals surface area contributed by atoms with E-state index in [-0.39, 0.29) is 17.2 Å². The van der Waals surface area contributed by atoms with Gasteiger partial charge in [0, 0.05) is 41.5 Å². The minimum atomic E-state index is -1.01. The minimum Gasteiger partial charge on any atom is -0.352 e. The second-order valence-corrected chi connectivity index (χ2v) is 15.2. The van der Waals surface area contributed by atoms with Crippen molar-refractivity contribution in [3.05, 3.63) is 69.9 Å². The fourth-order valence-corrected chi connectivity index (χ4v) is 7.08. The lowest BCUT2D eigenvalue weighted by atomic mass is 9.93. The molecule has 1 atom stereocenters. The first-order valence-corrected chi connectivity index (χ1v) is 16.7. The summed E-state index contributed by atoms with van der Waals surface area (Å²) in [6.07, 6.45) is 7.46. The molecule has 1 saturated heterocycles. The molecule has 3 aromatic rings. The molecule has 4 amide bonds. The zero-order valence-corrected chi connectivity index (χ0v) is 29.0. The number of nitrogens with zero attached hydrogens (tertiary/aromatic N) is 3. The lowest BCUT2D eigenvalue weighted by molar-refractivity contribution is -0.133. The number of benzene rings is 1. The van der Waals surface area contributed by atoms with Crippen LogP contribution in [-0.4, -0.2) is 71.4 Å². The molecule has 46 heavy (non-hydrogen) atoms. The molecule has 10 heteroatoms. The van der Waals surface area contributed by atoms with Crippen LogP contribution in [0, 0.1) is 6.92 Å². The first-order chi connectivity index (χ1) is 21.6. The van der Waals surface area contributed by atoms with Gasteiger partial charge in [0.25, 0.3) is 5.91 Å². The highest BCUT2D eigenvalue weighted by molar-refractivity contribution is 7.16. The number of anilines is 2. The Morgan fingerprint density at radius 2 is 1.89 bits per heavy atom. The third kappa shape index (κ3) is 7.18. The maximum atomic E-state index is 13.8. The minimum absolute atomic E-state index is 0.199. The van der Waals surface area contributed by atoms with E-state index in [1.165, 1.54) is 23.3 Å². The van der Waals surface area contributed by atoms with Gasteiger partial charge in [0.15, 0.2) is 0 Å². The van der Waals surface area contributed by atoms with Crippen molar-refractivity contribution in [2.45, 2.75) is 77.8 Å². The molecule has 3 N–H and O–H groups in total. The van der Waals surface area contributed by atoms with Gasteiger partial charge in [-0.25, -0.2) is 4.79 Å². The summed E-state index contributed by atoms with van der Waals surface area (Å²) < 4.78 is 0. The molecule has 2 fully saturated rings. The quantitative estimate of drug-likeness (QED) is 0.271. The van der Waals surface area contributed by atoms with Crippen LogP contribution in [0.15, 0.2) is 48.2 Å². The van der Waals surface area contributed by atoms with Crippen molar-refractivity contribution in [3.63, 3.8) is 0 Å². The molecular formula is C36H46N6O3S. The number of pyridine rings is 1. The van der Waals surface area contributed by atoms with Crippen LogP contribution in [0.3, 0.4) is 0 Å². The smallest absolute Gasteiger partial charge is 0.324 e. The zero-order chi connectivity index (χ0) is 33.4. The lowest BCUT2D eigenvalue weighted by Crippen LogP contribution is -2.63. The second-order valence-electron chi connectivity index (χ2n) is 14.1. The van der Waals surface area contributed by atoms with E-state index < -0.39 is 11.6 Å². The summed E-state index contributed by atoms with van der Waals surface area (Å²) in [6, 6.07) is 11.9. The Morgan fingerprint density at radius 1 is 1.13 bits per heavy atom. The Labute approximate surface area is 276 Å². The van der Waals surface area contributed by atoms with Gasteiger partial charge in [0.05, 0.1) is 11.3 Å². The van der Waals surface area contributed by atoms with Crippen molar-refractivity contribution in [1.29, 1.82) is 0 Å². The number of aryl methyl sites for hydroxylation is 1. The number of thiophene rings is 1. The molecule has 1 saturated carbocycles. The molecule has 244 valence electrons. The van der Waals surface area contributed by atoms with E-state index in [0.717, 1.165) is 40.1 Å². The van der Waals surface area contributed by atoms with Gasteiger partial charge in [0.1, 0.15) is 10.5 Å². The van der Waals surface area contributed by atoms with Crippen LogP contribution in [0.25, 0.3) is 17.2 Å². The number of hydrogen-bond acceptors (Lipinski definition) is 6. The third-order valence-electron chi connectivity index (χ3n) is 9.00. The Morgan fingerprint density at radius 3 is 2.54 bits per heavy atom. The topological polar surface area (TPSA) is 107 Å². The van der Waals surface area contributed by atoms with E-state index >= 15 is 0 Å². The summed E-state index contributed by atoms with van der Waals surface area (Å²) >= 11 is 1.38. The fraction of sp³-hybridized carbons (Fsp3) is 0.444. The van der Waals surface area contributed by atoms with Crippen LogP contribution in [0.4, 0.5) is 15.5 Å². The predicted octanol–water partition coefficient (Wildman–Crippen LogP) is 6.91. The van der Waals surface area contributed by atoms with Gasteiger partial charge in [-0.2, -0.15) is 0 Å². The molecule has 1 aromatic carbocycles. The Bertz CT molecular complexity index is 1670. The van der Waals surface area contributed by atoms with Gasteiger partial charge < -0.3 is 20.4 Å². The third-order valence-corrected chi connectivity index (χ3v) is 10.5. The molecule has 2 aromatic heterocycles. The predicted molar refractivity (Wildman–Crippen MR) is 187 cm³/mol. The number of urea groups is 1. The van der Waals surface area contributed by atoms with Gasteiger partial charge in [0.2, 0.25) is 5.91 Å². The number of carbonyl (C=O) groups excluding carboxylic acids is 3. The van der Waals surface area contributed by atoms with E-state index in [2.05, 4.69) is 67.9 Å². The summed E-state index contributed by atoms with van der Waals surface area (Å²) in [5.41, 5.74) is 5.16. The monoisotopic (exact) mass is 642 g/mol. The van der Waals surface area contributed by atoms with Crippen LogP contribution >= 0.6 is 11.3 Å². The molecule has 0 spiro atoms. The van der Waals surface area contributed by atoms with Crippen molar-refractivity contribution in [3.8, 4) is 11.1 Å². The maximum absolute atomic E-state index is 13.8. The van der Waals surface area contributed by atoms with Gasteiger partial charge in [-0.15, -0.1) is 11.3 Å². The number of rotatable bonds is 6. The van der Waals surface area contributed by atoms with Crippen LogP contribution in [0.5, 0.6) is 0 Å². The van der Waals surface area contributed by atoms with Gasteiger partial charge in [-0.1, -0.05) is 38.5 Å². The SMILES string of the molecule is Cc1ccc(NC(=O)Nc2sc(C(C)(C)C)cc2C(=O)N2CCNC(=O)C2(C)C)cc1-c1ccc(C=C2CCC(N(C)C)C2)nc1. The van der Waals surface area contributed by atoms with Crippen molar-refractivity contribution >= 4 is 45.9 Å². The molecule has 3 heterocycles. The average Bonchev–Trinajstić information content (AvgIpc) is 3.63. The number of hydrogen-bond donors (Lipinski definition) is 3. The van der Waals surface area contributed by atoms with Crippen LogP contribution < -0.4 is 16.0 Å². The van der Waals surface area contributed by atoms with E-state index in [1.54, 1.807) is 18.7 Å². The van der Waals surface area contributed by atoms with Crippen molar-refractivity contribution in [2.24, 2.45) is 0 Å². The summed E-state index contributed by atoms with van der Waals surface area (Å²) in [6.45, 7) is 12.5. The lowest BCUT2D eigenvalue weighted by Gasteiger charge is -2.41. The van der Waals surface area contributed by atoms with Crippen molar-refractivity contribution in [1.82, 2.24) is 20.1 Å². The first-order valence-electron chi connectivity index (χ1n) is 15.9. The second kappa shape index (κ2) is 13.0. The number of amides is 4. The summed E-state index contributed by atoms with van der Waals surface area (Å²) in [4.78, 5) is 49.3. The Balaban J connectivity index is 1.33. The first kappa shape index (κ1) is 33.3. The van der Waals surface area contributed by atoms with E-state index in [4.69, 9.17) is 4.98 Å². The van der Waals surface area contributed by atoms with Gasteiger partial charge >= 0.3 is 6.03 Å². The zero-order valence-electron chi connectivity index (χ0n) is 28.2. The molecule has 9 nitrogen and oxygen atoms in total. The van der Waals surface area contributed by atoms with Crippen molar-refractivity contribution in [2.75, 3.05) is 37.8 Å². The number of nitrogens with one attached hydrogen (secondary N) is 3. The molecule has 0 radical (unpaired) electrons. The number of carbonyl (C=O) groups is 3. The molecule has 1 aliphatic carbocycles. The highest BCUT2D eigenvalue weighted by Crippen LogP contribution is 2.38. The molecule has 1 unspecified atom stereocenters. The summed E-state index contributed by atoms with van der Waals surface area (Å²) in [5.74, 6) is -0.480. The molecular weight excluding hydrogens is 597 g/mol. The Hall–Kier alpha value is -4.02. The van der Waals surface area contributed by atoms with Crippen LogP contribution in [0.1, 0.15) is 80.4 Å². The van der Waals surface area contributed by atoms with Crippen LogP contribution in [0.2, 0.25) is 0 Å². The normalized spacial score (nSPS) is 19.0. The molecule has 0 bridgehead atoms. The number of aromatic nitrogens is 1. The van der Waals surface area contributed by atoms with Gasteiger partial charge in [-0.05, 0) is 101 Å². The molecule has 1 aliphatic heterocycles. The summed E-state index contributed by atoms with van der Waals surface area (Å²) in [7, 11) is 4.27. The Kier molecular flexibility index (Phi) is 9.42. The number of piperazine rings is 1. The standard InChI is InChI=1S/C36H46N6O3S/c1-22-9-12-26(19-28(22)24-11-13-25(38-21-24)17-23-10-14-27(18-23)41(7)8)39-34(45)40-31-29(20-30(46-31)35(2,3)4)32(43)42-16-15-37-33(44)36(42,5)6/h9,11-13,17,19-21,27H,10,14-16,18H2,1-8H3,(H,37,44)(H2,39,40,45).